The molecule has 0 bridgehead atoms. The Labute approximate surface area is 208 Å². The van der Waals surface area contributed by atoms with Crippen LogP contribution in [0.1, 0.15) is 36.9 Å². The molecule has 0 aliphatic heterocycles. The van der Waals surface area contributed by atoms with Crippen LogP contribution in [0.5, 0.6) is 5.75 Å². The van der Waals surface area contributed by atoms with Crippen molar-refractivity contribution in [3.05, 3.63) is 76.6 Å². The molecular formula is C25H24ClF3N2O3S. The minimum absolute atomic E-state index is 0.174. The zero-order chi connectivity index (χ0) is 25.9. The molecule has 1 heterocycles. The second-order valence-electron chi connectivity index (χ2n) is 7.35. The van der Waals surface area contributed by atoms with Crippen molar-refractivity contribution in [2.45, 2.75) is 38.1 Å². The molecule has 0 saturated carbocycles. The summed E-state index contributed by atoms with van der Waals surface area (Å²) in [5.41, 5.74) is 2.57. The number of H-pyrrole nitrogens is 1. The van der Waals surface area contributed by atoms with E-state index in [1.807, 2.05) is 13.8 Å². The molecule has 0 amide bonds. The van der Waals surface area contributed by atoms with E-state index in [1.54, 1.807) is 49.6 Å². The van der Waals surface area contributed by atoms with Gasteiger partial charge in [0.2, 0.25) is 0 Å². The van der Waals surface area contributed by atoms with E-state index in [-0.39, 0.29) is 22.2 Å². The summed E-state index contributed by atoms with van der Waals surface area (Å²) < 4.78 is 54.5. The van der Waals surface area contributed by atoms with Crippen molar-refractivity contribution in [2.24, 2.45) is 0 Å². The van der Waals surface area contributed by atoms with E-state index in [9.17, 15) is 22.5 Å². The number of para-hydroxylation sites is 1. The number of rotatable bonds is 5. The Hall–Kier alpha value is -2.88. The molecule has 4 rings (SSSR count). The summed E-state index contributed by atoms with van der Waals surface area (Å²) in [6.07, 6.45) is -4.39. The van der Waals surface area contributed by atoms with E-state index in [1.165, 1.54) is 18.2 Å². The highest BCUT2D eigenvalue weighted by atomic mass is 35.5. The van der Waals surface area contributed by atoms with Gasteiger partial charge in [0.15, 0.2) is 0 Å². The van der Waals surface area contributed by atoms with Crippen LogP contribution in [0.3, 0.4) is 0 Å². The number of nitrogens with one attached hydrogen (secondary N) is 1. The standard InChI is InChI=1S/C23H18ClF3N2O3S.C2H6/c1-12-19(15-5-3-4-6-18(15)32-23(25,26)27)16(24)11-17-20(12)29-22(28-17)21(30)13-7-9-14(10-8-13)33(2)31;1-2/h3-11,21,30H,1-2H3,(H,28,29);1-2H3. The van der Waals surface area contributed by atoms with Crippen LogP contribution in [-0.4, -0.2) is 31.9 Å². The molecule has 0 saturated heterocycles. The highest BCUT2D eigenvalue weighted by Crippen LogP contribution is 2.41. The number of ether oxygens (including phenoxy) is 1. The normalized spacial score (nSPS) is 13.2. The third-order valence-corrected chi connectivity index (χ3v) is 6.39. The number of aliphatic hydroxyl groups excluding tert-OH is 1. The number of imidazole rings is 1. The summed E-state index contributed by atoms with van der Waals surface area (Å²) in [5, 5.41) is 11.0. The molecule has 5 nitrogen and oxygen atoms in total. The molecule has 4 aromatic rings. The van der Waals surface area contributed by atoms with Gasteiger partial charge in [0, 0.05) is 33.1 Å². The van der Waals surface area contributed by atoms with Crippen LogP contribution in [0.2, 0.25) is 5.02 Å². The quantitative estimate of drug-likeness (QED) is 0.296. The van der Waals surface area contributed by atoms with E-state index >= 15 is 0 Å². The van der Waals surface area contributed by atoms with Gasteiger partial charge in [0.25, 0.3) is 0 Å². The van der Waals surface area contributed by atoms with E-state index in [0.29, 0.717) is 32.6 Å². The van der Waals surface area contributed by atoms with E-state index in [0.717, 1.165) is 0 Å². The van der Waals surface area contributed by atoms with E-state index in [2.05, 4.69) is 14.7 Å². The Bertz CT molecular complexity index is 1350. The molecule has 0 radical (unpaired) electrons. The number of fused-ring (bicyclic) bond motifs is 1. The van der Waals surface area contributed by atoms with Crippen LogP contribution >= 0.6 is 11.6 Å². The number of nitrogens with zero attached hydrogens (tertiary/aromatic N) is 1. The van der Waals surface area contributed by atoms with Crippen LogP contribution in [0.4, 0.5) is 13.2 Å². The summed E-state index contributed by atoms with van der Waals surface area (Å²) in [7, 11) is -1.14. The molecule has 0 spiro atoms. The average Bonchev–Trinajstić information content (AvgIpc) is 3.24. The largest absolute Gasteiger partial charge is 0.573 e. The molecule has 35 heavy (non-hydrogen) atoms. The van der Waals surface area contributed by atoms with E-state index in [4.69, 9.17) is 11.6 Å². The molecule has 0 fully saturated rings. The van der Waals surface area contributed by atoms with Gasteiger partial charge in [-0.05, 0) is 42.3 Å². The third-order valence-electron chi connectivity index (χ3n) is 5.16. The van der Waals surface area contributed by atoms with Crippen molar-refractivity contribution in [3.8, 4) is 16.9 Å². The van der Waals surface area contributed by atoms with Crippen molar-refractivity contribution >= 4 is 33.4 Å². The lowest BCUT2D eigenvalue weighted by Gasteiger charge is -2.16. The fraction of sp³-hybridized carbons (Fsp3) is 0.240. The van der Waals surface area contributed by atoms with Gasteiger partial charge in [-0.3, -0.25) is 4.21 Å². The fourth-order valence-corrected chi connectivity index (χ4v) is 4.51. The Balaban J connectivity index is 0.00000167. The zero-order valence-corrected chi connectivity index (χ0v) is 21.0. The third kappa shape index (κ3) is 5.86. The first-order chi connectivity index (χ1) is 16.5. The number of benzene rings is 3. The molecule has 186 valence electrons. The molecule has 10 heteroatoms. The Morgan fingerprint density at radius 3 is 2.34 bits per heavy atom. The number of aromatic nitrogens is 2. The van der Waals surface area contributed by atoms with Crippen LogP contribution in [-0.2, 0) is 10.8 Å². The molecule has 3 aromatic carbocycles. The number of hydrogen-bond donors (Lipinski definition) is 2. The topological polar surface area (TPSA) is 75.2 Å². The van der Waals surface area contributed by atoms with Crippen molar-refractivity contribution in [3.63, 3.8) is 0 Å². The van der Waals surface area contributed by atoms with Crippen molar-refractivity contribution in [1.29, 1.82) is 0 Å². The summed E-state index contributed by atoms with van der Waals surface area (Å²) in [5.74, 6) is -0.134. The number of alkyl halides is 3. The van der Waals surface area contributed by atoms with Crippen LogP contribution in [0.25, 0.3) is 22.2 Å². The number of halogens is 4. The highest BCUT2D eigenvalue weighted by molar-refractivity contribution is 7.84. The summed E-state index contributed by atoms with van der Waals surface area (Å²) >= 11 is 6.46. The monoisotopic (exact) mass is 524 g/mol. The maximum Gasteiger partial charge on any atom is 0.573 e. The lowest BCUT2D eigenvalue weighted by molar-refractivity contribution is -0.274. The molecule has 2 unspecified atom stereocenters. The van der Waals surface area contributed by atoms with Crippen molar-refractivity contribution in [2.75, 3.05) is 6.26 Å². The maximum atomic E-state index is 12.9. The van der Waals surface area contributed by atoms with Crippen LogP contribution in [0, 0.1) is 6.92 Å². The molecule has 2 atom stereocenters. The van der Waals surface area contributed by atoms with Gasteiger partial charge in [-0.1, -0.05) is 55.8 Å². The van der Waals surface area contributed by atoms with Crippen molar-refractivity contribution < 1.29 is 27.2 Å². The Morgan fingerprint density at radius 2 is 1.74 bits per heavy atom. The molecule has 0 aliphatic rings. The predicted octanol–water partition coefficient (Wildman–Crippen LogP) is 6.94. The first-order valence-corrected chi connectivity index (χ1v) is 12.6. The zero-order valence-electron chi connectivity index (χ0n) is 19.4. The maximum absolute atomic E-state index is 12.9. The number of aliphatic hydroxyl groups is 1. The highest BCUT2D eigenvalue weighted by Gasteiger charge is 2.32. The minimum atomic E-state index is -4.86. The second-order valence-corrected chi connectivity index (χ2v) is 9.13. The Kier molecular flexibility index (Phi) is 8.25. The Morgan fingerprint density at radius 1 is 1.11 bits per heavy atom. The minimum Gasteiger partial charge on any atom is -0.405 e. The lowest BCUT2D eigenvalue weighted by Crippen LogP contribution is -2.17. The number of aryl methyl sites for hydroxylation is 1. The van der Waals surface area contributed by atoms with Gasteiger partial charge in [0.05, 0.1) is 16.1 Å². The van der Waals surface area contributed by atoms with Gasteiger partial charge < -0.3 is 14.8 Å². The van der Waals surface area contributed by atoms with Crippen LogP contribution in [0.15, 0.2) is 59.5 Å². The van der Waals surface area contributed by atoms with Gasteiger partial charge in [-0.25, -0.2) is 4.98 Å². The van der Waals surface area contributed by atoms with Gasteiger partial charge in [-0.2, -0.15) is 0 Å². The summed E-state index contributed by atoms with van der Waals surface area (Å²) in [4.78, 5) is 8.15. The summed E-state index contributed by atoms with van der Waals surface area (Å²) in [6, 6.07) is 13.9. The first-order valence-electron chi connectivity index (χ1n) is 10.7. The summed E-state index contributed by atoms with van der Waals surface area (Å²) in [6.45, 7) is 5.69. The van der Waals surface area contributed by atoms with Gasteiger partial charge in [0.1, 0.15) is 17.7 Å². The fourth-order valence-electron chi connectivity index (χ4n) is 3.64. The number of hydrogen-bond acceptors (Lipinski definition) is 4. The molecule has 0 aliphatic carbocycles. The van der Waals surface area contributed by atoms with E-state index < -0.39 is 23.3 Å². The molecule has 2 N–H and O–H groups in total. The smallest absolute Gasteiger partial charge is 0.405 e. The number of aromatic amines is 1. The van der Waals surface area contributed by atoms with Crippen LogP contribution < -0.4 is 4.74 Å². The lowest BCUT2D eigenvalue weighted by atomic mass is 9.98. The van der Waals surface area contributed by atoms with Gasteiger partial charge >= 0.3 is 6.36 Å². The predicted molar refractivity (Wildman–Crippen MR) is 132 cm³/mol. The van der Waals surface area contributed by atoms with Gasteiger partial charge in [-0.15, -0.1) is 13.2 Å². The molecular weight excluding hydrogens is 501 g/mol. The first kappa shape index (κ1) is 26.7. The average molecular weight is 525 g/mol. The SMILES string of the molecule is CC.Cc1c(-c2ccccc2OC(F)(F)F)c(Cl)cc2[nH]c(C(O)c3ccc(S(C)=O)cc3)nc12. The second kappa shape index (κ2) is 10.8. The molecule has 1 aromatic heterocycles. The van der Waals surface area contributed by atoms with Crippen molar-refractivity contribution in [1.82, 2.24) is 9.97 Å².